The molecule has 2 N–H and O–H groups in total. The third kappa shape index (κ3) is 4.20. The van der Waals surface area contributed by atoms with Crippen LogP contribution in [0.2, 0.25) is 0 Å². The fourth-order valence-electron chi connectivity index (χ4n) is 3.11. The van der Waals surface area contributed by atoms with Crippen molar-refractivity contribution in [2.75, 3.05) is 13.1 Å². The summed E-state index contributed by atoms with van der Waals surface area (Å²) in [5, 5.41) is 0. The number of likely N-dealkylation sites (N-methyl/N-ethyl adjacent to an activating group) is 1. The summed E-state index contributed by atoms with van der Waals surface area (Å²) >= 11 is 0. The molecule has 1 saturated carbocycles. The van der Waals surface area contributed by atoms with E-state index < -0.39 is 11.7 Å². The molecule has 0 amide bonds. The minimum atomic E-state index is -4.31. The van der Waals surface area contributed by atoms with Crippen LogP contribution in [-0.4, -0.2) is 24.0 Å². The molecule has 21 heavy (non-hydrogen) atoms. The summed E-state index contributed by atoms with van der Waals surface area (Å²) in [5.41, 5.74) is 6.07. The van der Waals surface area contributed by atoms with Crippen molar-refractivity contribution >= 4 is 0 Å². The van der Waals surface area contributed by atoms with Gasteiger partial charge in [-0.1, -0.05) is 31.9 Å². The zero-order chi connectivity index (χ0) is 15.5. The largest absolute Gasteiger partial charge is 0.416 e. The SMILES string of the molecule is CCN(CC(N)c1cccc(C(F)(F)F)c1)C1CCCC1. The molecule has 0 aromatic heterocycles. The van der Waals surface area contributed by atoms with Gasteiger partial charge >= 0.3 is 6.18 Å². The van der Waals surface area contributed by atoms with Gasteiger partial charge in [-0.25, -0.2) is 0 Å². The third-order valence-corrected chi connectivity index (χ3v) is 4.32. The van der Waals surface area contributed by atoms with Crippen LogP contribution in [-0.2, 0) is 6.18 Å². The summed E-state index contributed by atoms with van der Waals surface area (Å²) in [4.78, 5) is 2.30. The maximum atomic E-state index is 12.8. The van der Waals surface area contributed by atoms with E-state index in [-0.39, 0.29) is 6.04 Å². The van der Waals surface area contributed by atoms with E-state index in [1.165, 1.54) is 37.8 Å². The van der Waals surface area contributed by atoms with Crippen molar-refractivity contribution < 1.29 is 13.2 Å². The van der Waals surface area contributed by atoms with Crippen LogP contribution in [0.3, 0.4) is 0 Å². The highest BCUT2D eigenvalue weighted by Gasteiger charge is 2.31. The Morgan fingerprint density at radius 3 is 2.52 bits per heavy atom. The fourth-order valence-corrected chi connectivity index (χ4v) is 3.11. The average molecular weight is 300 g/mol. The Balaban J connectivity index is 2.06. The van der Waals surface area contributed by atoms with Gasteiger partial charge in [0.15, 0.2) is 0 Å². The molecule has 118 valence electrons. The van der Waals surface area contributed by atoms with Gasteiger partial charge in [0.1, 0.15) is 0 Å². The quantitative estimate of drug-likeness (QED) is 0.891. The first kappa shape index (κ1) is 16.3. The molecule has 1 aliphatic carbocycles. The predicted molar refractivity (Wildman–Crippen MR) is 77.9 cm³/mol. The van der Waals surface area contributed by atoms with Crippen LogP contribution in [0.15, 0.2) is 24.3 Å². The molecule has 0 heterocycles. The van der Waals surface area contributed by atoms with Crippen LogP contribution in [0.5, 0.6) is 0 Å². The van der Waals surface area contributed by atoms with Crippen molar-refractivity contribution in [2.24, 2.45) is 5.73 Å². The molecule has 1 aromatic carbocycles. The summed E-state index contributed by atoms with van der Waals surface area (Å²) in [6.45, 7) is 3.58. The summed E-state index contributed by atoms with van der Waals surface area (Å²) in [6, 6.07) is 5.53. The van der Waals surface area contributed by atoms with Gasteiger partial charge in [0.25, 0.3) is 0 Å². The number of alkyl halides is 3. The molecule has 1 aliphatic rings. The summed E-state index contributed by atoms with van der Waals surface area (Å²) < 4.78 is 38.3. The van der Waals surface area contributed by atoms with E-state index in [1.807, 2.05) is 0 Å². The van der Waals surface area contributed by atoms with Gasteiger partial charge in [-0.3, -0.25) is 4.90 Å². The normalized spacial score (nSPS) is 18.4. The molecule has 2 nitrogen and oxygen atoms in total. The van der Waals surface area contributed by atoms with Gasteiger partial charge in [0.2, 0.25) is 0 Å². The first-order valence-corrected chi connectivity index (χ1v) is 7.58. The van der Waals surface area contributed by atoms with Crippen LogP contribution >= 0.6 is 0 Å². The lowest BCUT2D eigenvalue weighted by Gasteiger charge is -2.30. The number of hydrogen-bond donors (Lipinski definition) is 1. The minimum absolute atomic E-state index is 0.382. The highest BCUT2D eigenvalue weighted by molar-refractivity contribution is 5.28. The molecule has 0 saturated heterocycles. The van der Waals surface area contributed by atoms with Crippen molar-refractivity contribution in [3.05, 3.63) is 35.4 Å². The number of nitrogens with two attached hydrogens (primary N) is 1. The van der Waals surface area contributed by atoms with Crippen LogP contribution in [0.1, 0.15) is 49.8 Å². The standard InChI is InChI=1S/C16H23F3N2/c1-2-21(14-8-3-4-9-14)11-15(20)12-6-5-7-13(10-12)16(17,18)19/h5-7,10,14-15H,2-4,8-9,11,20H2,1H3. The first-order valence-electron chi connectivity index (χ1n) is 7.58. The van der Waals surface area contributed by atoms with Gasteiger partial charge in [-0.05, 0) is 37.1 Å². The second kappa shape index (κ2) is 6.79. The Hall–Kier alpha value is -1.07. The van der Waals surface area contributed by atoms with E-state index in [0.29, 0.717) is 18.2 Å². The smallest absolute Gasteiger partial charge is 0.323 e. The molecular formula is C16H23F3N2. The van der Waals surface area contributed by atoms with E-state index >= 15 is 0 Å². The fraction of sp³-hybridized carbons (Fsp3) is 0.625. The van der Waals surface area contributed by atoms with E-state index in [1.54, 1.807) is 6.07 Å². The highest BCUT2D eigenvalue weighted by Crippen LogP contribution is 2.31. The number of hydrogen-bond acceptors (Lipinski definition) is 2. The zero-order valence-electron chi connectivity index (χ0n) is 12.4. The van der Waals surface area contributed by atoms with Crippen molar-refractivity contribution in [2.45, 2.75) is 50.9 Å². The highest BCUT2D eigenvalue weighted by atomic mass is 19.4. The number of rotatable bonds is 5. The van der Waals surface area contributed by atoms with E-state index in [2.05, 4.69) is 11.8 Å². The lowest BCUT2D eigenvalue weighted by molar-refractivity contribution is -0.137. The predicted octanol–water partition coefficient (Wildman–Crippen LogP) is 3.97. The third-order valence-electron chi connectivity index (χ3n) is 4.32. The van der Waals surface area contributed by atoms with Crippen LogP contribution in [0.4, 0.5) is 13.2 Å². The summed E-state index contributed by atoms with van der Waals surface area (Å²) in [5.74, 6) is 0. The van der Waals surface area contributed by atoms with Crippen LogP contribution in [0, 0.1) is 0 Å². The topological polar surface area (TPSA) is 29.3 Å². The van der Waals surface area contributed by atoms with E-state index in [0.717, 1.165) is 12.6 Å². The molecule has 0 radical (unpaired) electrons. The lowest BCUT2D eigenvalue weighted by atomic mass is 10.0. The molecular weight excluding hydrogens is 277 g/mol. The summed E-state index contributed by atoms with van der Waals surface area (Å²) in [6.07, 6.45) is 0.498. The second-order valence-electron chi connectivity index (χ2n) is 5.76. The Bertz CT molecular complexity index is 453. The maximum Gasteiger partial charge on any atom is 0.416 e. The molecule has 2 rings (SSSR count). The van der Waals surface area contributed by atoms with Gasteiger partial charge in [-0.15, -0.1) is 0 Å². The minimum Gasteiger partial charge on any atom is -0.323 e. The summed E-state index contributed by atoms with van der Waals surface area (Å²) in [7, 11) is 0. The van der Waals surface area contributed by atoms with Gasteiger partial charge in [0, 0.05) is 18.6 Å². The van der Waals surface area contributed by atoms with Crippen molar-refractivity contribution in [3.63, 3.8) is 0 Å². The van der Waals surface area contributed by atoms with Crippen molar-refractivity contribution in [3.8, 4) is 0 Å². The van der Waals surface area contributed by atoms with Gasteiger partial charge in [-0.2, -0.15) is 13.2 Å². The molecule has 1 fully saturated rings. The van der Waals surface area contributed by atoms with Gasteiger partial charge in [0.05, 0.1) is 5.56 Å². The van der Waals surface area contributed by atoms with E-state index in [9.17, 15) is 13.2 Å². The molecule has 5 heteroatoms. The average Bonchev–Trinajstić information content (AvgIpc) is 2.97. The van der Waals surface area contributed by atoms with Crippen LogP contribution < -0.4 is 5.73 Å². The Labute approximate surface area is 124 Å². The number of benzene rings is 1. The van der Waals surface area contributed by atoms with Crippen molar-refractivity contribution in [1.29, 1.82) is 0 Å². The monoisotopic (exact) mass is 300 g/mol. The van der Waals surface area contributed by atoms with Crippen molar-refractivity contribution in [1.82, 2.24) is 4.90 Å². The number of halogens is 3. The second-order valence-corrected chi connectivity index (χ2v) is 5.76. The van der Waals surface area contributed by atoms with E-state index in [4.69, 9.17) is 5.73 Å². The Morgan fingerprint density at radius 1 is 1.29 bits per heavy atom. The molecule has 0 bridgehead atoms. The molecule has 0 aliphatic heterocycles. The first-order chi connectivity index (χ1) is 9.91. The maximum absolute atomic E-state index is 12.8. The van der Waals surface area contributed by atoms with Gasteiger partial charge < -0.3 is 5.73 Å². The zero-order valence-corrected chi connectivity index (χ0v) is 12.4. The molecule has 1 aromatic rings. The Kier molecular flexibility index (Phi) is 5.27. The molecule has 1 atom stereocenters. The lowest BCUT2D eigenvalue weighted by Crippen LogP contribution is -2.38. The Morgan fingerprint density at radius 2 is 1.95 bits per heavy atom. The molecule has 0 spiro atoms. The van der Waals surface area contributed by atoms with Crippen LogP contribution in [0.25, 0.3) is 0 Å². The number of nitrogens with zero attached hydrogens (tertiary/aromatic N) is 1. The molecule has 1 unspecified atom stereocenters.